The highest BCUT2D eigenvalue weighted by atomic mass is 16.5. The molecule has 2 heterocycles. The van der Waals surface area contributed by atoms with Crippen LogP contribution < -0.4 is 0 Å². The van der Waals surface area contributed by atoms with Crippen molar-refractivity contribution in [2.75, 3.05) is 0 Å². The van der Waals surface area contributed by atoms with E-state index in [4.69, 9.17) is 4.74 Å². The van der Waals surface area contributed by atoms with Crippen LogP contribution in [0.15, 0.2) is 24.4 Å². The number of aromatic nitrogens is 1. The van der Waals surface area contributed by atoms with Gasteiger partial charge in [-0.2, -0.15) is 0 Å². The Morgan fingerprint density at radius 3 is 3.07 bits per heavy atom. The second-order valence-electron chi connectivity index (χ2n) is 3.78. The van der Waals surface area contributed by atoms with Crippen molar-refractivity contribution in [3.63, 3.8) is 0 Å². The second kappa shape index (κ2) is 3.50. The van der Waals surface area contributed by atoms with Gasteiger partial charge in [-0.25, -0.2) is 0 Å². The summed E-state index contributed by atoms with van der Waals surface area (Å²) in [5.74, 6) is 0. The van der Waals surface area contributed by atoms with Gasteiger partial charge < -0.3 is 9.53 Å². The molecular weight excluding hydrogens is 178 g/mol. The molecular formula is C11H13NO2. The van der Waals surface area contributed by atoms with E-state index in [9.17, 15) is 4.79 Å². The molecule has 14 heavy (non-hydrogen) atoms. The van der Waals surface area contributed by atoms with Gasteiger partial charge in [0.05, 0.1) is 5.69 Å². The van der Waals surface area contributed by atoms with Crippen molar-refractivity contribution < 1.29 is 9.53 Å². The highest BCUT2D eigenvalue weighted by Gasteiger charge is 2.38. The number of carbonyl (C=O) groups excluding carboxylic acids is 1. The molecule has 1 saturated heterocycles. The van der Waals surface area contributed by atoms with Crippen LogP contribution in [-0.2, 0) is 15.1 Å². The predicted molar refractivity (Wildman–Crippen MR) is 51.8 cm³/mol. The number of hydrogen-bond donors (Lipinski definition) is 0. The summed E-state index contributed by atoms with van der Waals surface area (Å²) in [7, 11) is 0. The lowest BCUT2D eigenvalue weighted by atomic mass is 9.98. The van der Waals surface area contributed by atoms with Gasteiger partial charge in [0.2, 0.25) is 0 Å². The Kier molecular flexibility index (Phi) is 2.33. The summed E-state index contributed by atoms with van der Waals surface area (Å²) in [6, 6.07) is 5.75. The van der Waals surface area contributed by atoms with Gasteiger partial charge in [-0.05, 0) is 31.9 Å². The van der Waals surface area contributed by atoms with Crippen molar-refractivity contribution in [1.29, 1.82) is 0 Å². The van der Waals surface area contributed by atoms with Gasteiger partial charge in [-0.1, -0.05) is 6.07 Å². The summed E-state index contributed by atoms with van der Waals surface area (Å²) in [4.78, 5) is 14.8. The third kappa shape index (κ3) is 1.55. The molecule has 3 nitrogen and oxygen atoms in total. The molecule has 0 spiro atoms. The lowest BCUT2D eigenvalue weighted by Gasteiger charge is -2.22. The van der Waals surface area contributed by atoms with Crippen LogP contribution in [0, 0.1) is 0 Å². The predicted octanol–water partition coefficient (Wildman–Crippen LogP) is 1.67. The van der Waals surface area contributed by atoms with Crippen LogP contribution in [0.5, 0.6) is 0 Å². The summed E-state index contributed by atoms with van der Waals surface area (Å²) in [6.07, 6.45) is 4.00. The maximum Gasteiger partial charge on any atom is 0.148 e. The number of hydrogen-bond acceptors (Lipinski definition) is 3. The van der Waals surface area contributed by atoms with Crippen molar-refractivity contribution in [3.05, 3.63) is 30.1 Å². The van der Waals surface area contributed by atoms with Crippen LogP contribution in [0.1, 0.15) is 25.5 Å². The average Bonchev–Trinajstić information content (AvgIpc) is 2.63. The zero-order chi connectivity index (χ0) is 10.0. The minimum absolute atomic E-state index is 0.262. The molecule has 1 aromatic heterocycles. The Hall–Kier alpha value is -1.22. The largest absolute Gasteiger partial charge is 0.358 e. The third-order valence-electron chi connectivity index (χ3n) is 2.68. The Bertz CT molecular complexity index is 325. The maximum atomic E-state index is 10.6. The lowest BCUT2D eigenvalue weighted by molar-refractivity contribution is -0.122. The van der Waals surface area contributed by atoms with Crippen LogP contribution in [0.4, 0.5) is 0 Å². The van der Waals surface area contributed by atoms with Crippen LogP contribution in [0.2, 0.25) is 0 Å². The molecule has 1 aromatic rings. The first kappa shape index (κ1) is 9.34. The maximum absolute atomic E-state index is 10.6. The smallest absolute Gasteiger partial charge is 0.148 e. The topological polar surface area (TPSA) is 39.2 Å². The first-order valence-corrected chi connectivity index (χ1v) is 4.79. The fraction of sp³-hybridized carbons (Fsp3) is 0.455. The zero-order valence-corrected chi connectivity index (χ0v) is 8.14. The zero-order valence-electron chi connectivity index (χ0n) is 8.14. The molecule has 0 bridgehead atoms. The molecule has 0 saturated carbocycles. The third-order valence-corrected chi connectivity index (χ3v) is 2.68. The van der Waals surface area contributed by atoms with E-state index in [0.29, 0.717) is 0 Å². The summed E-state index contributed by atoms with van der Waals surface area (Å²) < 4.78 is 5.65. The number of carbonyl (C=O) groups is 1. The first-order chi connectivity index (χ1) is 6.74. The van der Waals surface area contributed by atoms with E-state index in [-0.39, 0.29) is 11.7 Å². The van der Waals surface area contributed by atoms with E-state index >= 15 is 0 Å². The number of pyridine rings is 1. The average molecular weight is 191 g/mol. The fourth-order valence-electron chi connectivity index (χ4n) is 1.83. The molecule has 1 aliphatic rings. The van der Waals surface area contributed by atoms with E-state index < -0.39 is 0 Å². The van der Waals surface area contributed by atoms with Gasteiger partial charge in [0.1, 0.15) is 18.0 Å². The van der Waals surface area contributed by atoms with Gasteiger partial charge in [0.15, 0.2) is 0 Å². The molecule has 2 unspecified atom stereocenters. The van der Waals surface area contributed by atoms with Crippen LogP contribution in [0.3, 0.4) is 0 Å². The van der Waals surface area contributed by atoms with E-state index in [1.807, 2.05) is 25.1 Å². The van der Waals surface area contributed by atoms with Gasteiger partial charge in [-0.15, -0.1) is 0 Å². The highest BCUT2D eigenvalue weighted by Crippen LogP contribution is 2.36. The summed E-state index contributed by atoms with van der Waals surface area (Å²) >= 11 is 0. The normalized spacial score (nSPS) is 31.6. The van der Waals surface area contributed by atoms with E-state index in [0.717, 1.165) is 24.8 Å². The monoisotopic (exact) mass is 191 g/mol. The summed E-state index contributed by atoms with van der Waals surface area (Å²) in [5, 5.41) is 0. The van der Waals surface area contributed by atoms with Crippen LogP contribution in [0.25, 0.3) is 0 Å². The number of aldehydes is 1. The van der Waals surface area contributed by atoms with E-state index in [2.05, 4.69) is 4.98 Å². The fourth-order valence-corrected chi connectivity index (χ4v) is 1.83. The lowest BCUT2D eigenvalue weighted by Crippen LogP contribution is -2.23. The molecule has 1 fully saturated rings. The quantitative estimate of drug-likeness (QED) is 0.667. The van der Waals surface area contributed by atoms with Gasteiger partial charge in [0.25, 0.3) is 0 Å². The summed E-state index contributed by atoms with van der Waals surface area (Å²) in [5.41, 5.74) is 0.525. The molecule has 0 amide bonds. The standard InChI is InChI=1S/C11H13NO2/c1-11(6-5-9(8-13)14-11)10-4-2-3-7-12-10/h2-4,7-9H,5-6H2,1H3. The van der Waals surface area contributed by atoms with E-state index in [1.54, 1.807) is 6.20 Å². The van der Waals surface area contributed by atoms with Crippen LogP contribution in [-0.4, -0.2) is 17.4 Å². The molecule has 0 aliphatic carbocycles. The van der Waals surface area contributed by atoms with Crippen molar-refractivity contribution in [2.24, 2.45) is 0 Å². The van der Waals surface area contributed by atoms with Gasteiger partial charge in [0, 0.05) is 6.20 Å². The Labute approximate surface area is 83.1 Å². The molecule has 0 radical (unpaired) electrons. The van der Waals surface area contributed by atoms with Crippen molar-refractivity contribution in [2.45, 2.75) is 31.5 Å². The minimum atomic E-state index is -0.382. The molecule has 2 rings (SSSR count). The summed E-state index contributed by atoms with van der Waals surface area (Å²) in [6.45, 7) is 1.98. The van der Waals surface area contributed by atoms with Crippen molar-refractivity contribution in [1.82, 2.24) is 4.98 Å². The van der Waals surface area contributed by atoms with Gasteiger partial charge in [-0.3, -0.25) is 4.98 Å². The number of nitrogens with zero attached hydrogens (tertiary/aromatic N) is 1. The number of rotatable bonds is 2. The van der Waals surface area contributed by atoms with Crippen LogP contribution >= 0.6 is 0 Å². The molecule has 2 atom stereocenters. The SMILES string of the molecule is CC1(c2ccccn2)CCC(C=O)O1. The van der Waals surface area contributed by atoms with Gasteiger partial charge >= 0.3 is 0 Å². The Morgan fingerprint density at radius 2 is 2.50 bits per heavy atom. The Morgan fingerprint density at radius 1 is 1.64 bits per heavy atom. The molecule has 74 valence electrons. The van der Waals surface area contributed by atoms with Crippen molar-refractivity contribution in [3.8, 4) is 0 Å². The molecule has 0 aromatic carbocycles. The van der Waals surface area contributed by atoms with E-state index in [1.165, 1.54) is 0 Å². The molecule has 0 N–H and O–H groups in total. The highest BCUT2D eigenvalue weighted by molar-refractivity contribution is 5.56. The second-order valence-corrected chi connectivity index (χ2v) is 3.78. The first-order valence-electron chi connectivity index (χ1n) is 4.79. The molecule has 3 heteroatoms. The molecule has 1 aliphatic heterocycles. The van der Waals surface area contributed by atoms with Crippen molar-refractivity contribution >= 4 is 6.29 Å². The number of ether oxygens (including phenoxy) is 1. The Balaban J connectivity index is 2.22. The minimum Gasteiger partial charge on any atom is -0.358 e.